The Kier molecular flexibility index (Phi) is 3.28. The van der Waals surface area contributed by atoms with Crippen molar-refractivity contribution in [1.29, 1.82) is 0 Å². The van der Waals surface area contributed by atoms with Gasteiger partial charge >= 0.3 is 0 Å². The molecule has 0 spiro atoms. The van der Waals surface area contributed by atoms with Gasteiger partial charge in [0, 0.05) is 12.0 Å². The molecule has 0 aromatic heterocycles. The van der Waals surface area contributed by atoms with E-state index < -0.39 is 0 Å². The molecule has 0 aliphatic heterocycles. The second kappa shape index (κ2) is 4.87. The number of phenolic OH excluding ortho intramolecular Hbond substituents is 1. The predicted octanol–water partition coefficient (Wildman–Crippen LogP) is 3.13. The highest BCUT2D eigenvalue weighted by Gasteiger charge is 2.04. The van der Waals surface area contributed by atoms with E-state index in [0.29, 0.717) is 12.2 Å². The van der Waals surface area contributed by atoms with Crippen LogP contribution >= 0.6 is 0 Å². The van der Waals surface area contributed by atoms with Crippen LogP contribution in [-0.2, 0) is 6.42 Å². The molecule has 0 unspecified atom stereocenters. The molecule has 0 bridgehead atoms. The Balaban J connectivity index is 2.25. The Bertz CT molecular complexity index is 506. The minimum Gasteiger partial charge on any atom is -0.508 e. The van der Waals surface area contributed by atoms with Gasteiger partial charge in [-0.05, 0) is 35.9 Å². The maximum atomic E-state index is 12.8. The number of halogens is 1. The molecule has 2 aromatic rings. The van der Waals surface area contributed by atoms with Gasteiger partial charge in [0.1, 0.15) is 17.3 Å². The number of hydrogen-bond acceptors (Lipinski definition) is 2. The van der Waals surface area contributed by atoms with Gasteiger partial charge in [0.25, 0.3) is 0 Å². The molecule has 0 aliphatic rings. The number of ether oxygens (including phenoxy) is 1. The lowest BCUT2D eigenvalue weighted by Gasteiger charge is -2.07. The number of aromatic hydroxyl groups is 1. The van der Waals surface area contributed by atoms with Gasteiger partial charge in [0.15, 0.2) is 0 Å². The highest BCUT2D eigenvalue weighted by Crippen LogP contribution is 2.25. The topological polar surface area (TPSA) is 29.5 Å². The number of hydrogen-bond donors (Lipinski definition) is 1. The summed E-state index contributed by atoms with van der Waals surface area (Å²) in [7, 11) is 1.58. The van der Waals surface area contributed by atoms with Gasteiger partial charge in [-0.1, -0.05) is 12.1 Å². The van der Waals surface area contributed by atoms with Crippen molar-refractivity contribution in [3.05, 3.63) is 59.4 Å². The fraction of sp³-hybridized carbons (Fsp3) is 0.143. The van der Waals surface area contributed by atoms with Crippen LogP contribution in [0.5, 0.6) is 11.5 Å². The molecule has 0 fully saturated rings. The molecule has 17 heavy (non-hydrogen) atoms. The molecule has 0 amide bonds. The third-order valence-electron chi connectivity index (χ3n) is 2.59. The maximum Gasteiger partial charge on any atom is 0.123 e. The summed E-state index contributed by atoms with van der Waals surface area (Å²) >= 11 is 0. The first-order chi connectivity index (χ1) is 8.19. The zero-order valence-electron chi connectivity index (χ0n) is 9.48. The van der Waals surface area contributed by atoms with E-state index in [1.165, 1.54) is 12.1 Å². The molecule has 88 valence electrons. The molecule has 1 N–H and O–H groups in total. The maximum absolute atomic E-state index is 12.8. The lowest BCUT2D eigenvalue weighted by molar-refractivity contribution is 0.411. The summed E-state index contributed by atoms with van der Waals surface area (Å²) in [5.41, 5.74) is 1.70. The van der Waals surface area contributed by atoms with Crippen molar-refractivity contribution in [3.8, 4) is 11.5 Å². The smallest absolute Gasteiger partial charge is 0.123 e. The molecular weight excluding hydrogens is 219 g/mol. The number of phenols is 1. The quantitative estimate of drug-likeness (QED) is 0.881. The predicted molar refractivity (Wildman–Crippen MR) is 63.9 cm³/mol. The normalized spacial score (nSPS) is 10.2. The van der Waals surface area contributed by atoms with E-state index in [-0.39, 0.29) is 11.6 Å². The van der Waals surface area contributed by atoms with Gasteiger partial charge in [0.2, 0.25) is 0 Å². The van der Waals surface area contributed by atoms with Crippen LogP contribution in [0.25, 0.3) is 0 Å². The van der Waals surface area contributed by atoms with Crippen molar-refractivity contribution in [1.82, 2.24) is 0 Å². The lowest BCUT2D eigenvalue weighted by atomic mass is 10.0. The minimum atomic E-state index is -0.261. The summed E-state index contributed by atoms with van der Waals surface area (Å²) in [6.45, 7) is 0. The van der Waals surface area contributed by atoms with E-state index in [9.17, 15) is 9.50 Å². The fourth-order valence-electron chi connectivity index (χ4n) is 1.65. The molecule has 0 aliphatic carbocycles. The molecule has 0 atom stereocenters. The zero-order valence-corrected chi connectivity index (χ0v) is 9.48. The van der Waals surface area contributed by atoms with Gasteiger partial charge in [-0.25, -0.2) is 4.39 Å². The summed E-state index contributed by atoms with van der Waals surface area (Å²) in [4.78, 5) is 0. The van der Waals surface area contributed by atoms with Crippen LogP contribution < -0.4 is 4.74 Å². The first kappa shape index (κ1) is 11.5. The van der Waals surface area contributed by atoms with Gasteiger partial charge < -0.3 is 9.84 Å². The highest BCUT2D eigenvalue weighted by atomic mass is 19.1. The number of methoxy groups -OCH3 is 1. The van der Waals surface area contributed by atoms with Gasteiger partial charge in [-0.15, -0.1) is 0 Å². The molecule has 2 aromatic carbocycles. The summed E-state index contributed by atoms with van der Waals surface area (Å²) < 4.78 is 17.8. The molecule has 0 saturated heterocycles. The summed E-state index contributed by atoms with van der Waals surface area (Å²) in [5.74, 6) is 0.652. The first-order valence-electron chi connectivity index (χ1n) is 5.29. The van der Waals surface area contributed by atoms with Crippen LogP contribution in [0.1, 0.15) is 11.1 Å². The largest absolute Gasteiger partial charge is 0.508 e. The Morgan fingerprint density at radius 2 is 1.82 bits per heavy atom. The average molecular weight is 232 g/mol. The molecule has 0 radical (unpaired) electrons. The third-order valence-corrected chi connectivity index (χ3v) is 2.59. The Labute approximate surface area is 99.3 Å². The standard InChI is InChI=1S/C14H13FO2/c1-17-13-6-7-14(16)11(9-13)8-10-2-4-12(15)5-3-10/h2-7,9,16H,8H2,1H3. The second-order valence-corrected chi connectivity index (χ2v) is 3.80. The van der Waals surface area contributed by atoms with Crippen molar-refractivity contribution in [3.63, 3.8) is 0 Å². The van der Waals surface area contributed by atoms with Crippen LogP contribution in [0.3, 0.4) is 0 Å². The molecule has 3 heteroatoms. The van der Waals surface area contributed by atoms with Crippen molar-refractivity contribution in [2.24, 2.45) is 0 Å². The Morgan fingerprint density at radius 1 is 1.12 bits per heavy atom. The molecule has 0 saturated carbocycles. The summed E-state index contributed by atoms with van der Waals surface area (Å²) in [6.07, 6.45) is 0.545. The zero-order chi connectivity index (χ0) is 12.3. The minimum absolute atomic E-state index is 0.218. The van der Waals surface area contributed by atoms with Crippen molar-refractivity contribution in [2.75, 3.05) is 7.11 Å². The Morgan fingerprint density at radius 3 is 2.47 bits per heavy atom. The van der Waals surface area contributed by atoms with Crippen molar-refractivity contribution >= 4 is 0 Å². The van der Waals surface area contributed by atoms with Gasteiger partial charge in [0.05, 0.1) is 7.11 Å². The van der Waals surface area contributed by atoms with E-state index in [4.69, 9.17) is 4.74 Å². The van der Waals surface area contributed by atoms with Crippen molar-refractivity contribution in [2.45, 2.75) is 6.42 Å². The van der Waals surface area contributed by atoms with E-state index in [2.05, 4.69) is 0 Å². The second-order valence-electron chi connectivity index (χ2n) is 3.80. The van der Waals surface area contributed by atoms with Crippen LogP contribution in [0.2, 0.25) is 0 Å². The van der Waals surface area contributed by atoms with E-state index in [0.717, 1.165) is 11.1 Å². The molecular formula is C14H13FO2. The molecule has 0 heterocycles. The SMILES string of the molecule is COc1ccc(O)c(Cc2ccc(F)cc2)c1. The van der Waals surface area contributed by atoms with Crippen molar-refractivity contribution < 1.29 is 14.2 Å². The highest BCUT2D eigenvalue weighted by molar-refractivity contribution is 5.42. The van der Waals surface area contributed by atoms with Crippen LogP contribution in [-0.4, -0.2) is 12.2 Å². The lowest BCUT2D eigenvalue weighted by Crippen LogP contribution is -1.91. The van der Waals surface area contributed by atoms with E-state index in [1.807, 2.05) is 0 Å². The molecule has 2 nitrogen and oxygen atoms in total. The van der Waals surface area contributed by atoms with Gasteiger partial charge in [-0.2, -0.15) is 0 Å². The van der Waals surface area contributed by atoms with E-state index in [1.54, 1.807) is 37.4 Å². The summed E-state index contributed by atoms with van der Waals surface area (Å²) in [5, 5.41) is 9.72. The fourth-order valence-corrected chi connectivity index (χ4v) is 1.65. The third kappa shape index (κ3) is 2.75. The van der Waals surface area contributed by atoms with E-state index >= 15 is 0 Å². The molecule has 2 rings (SSSR count). The van der Waals surface area contributed by atoms with Crippen LogP contribution in [0, 0.1) is 5.82 Å². The Hall–Kier alpha value is -2.03. The van der Waals surface area contributed by atoms with Crippen LogP contribution in [0.15, 0.2) is 42.5 Å². The van der Waals surface area contributed by atoms with Gasteiger partial charge in [-0.3, -0.25) is 0 Å². The monoisotopic (exact) mass is 232 g/mol. The number of benzene rings is 2. The number of rotatable bonds is 3. The first-order valence-corrected chi connectivity index (χ1v) is 5.29. The summed E-state index contributed by atoms with van der Waals surface area (Å²) in [6, 6.07) is 11.3. The van der Waals surface area contributed by atoms with Crippen LogP contribution in [0.4, 0.5) is 4.39 Å². The average Bonchev–Trinajstić information content (AvgIpc) is 2.35.